The zero-order valence-corrected chi connectivity index (χ0v) is 14.2. The summed E-state index contributed by atoms with van der Waals surface area (Å²) in [5.74, 6) is -0.354. The number of esters is 1. The lowest BCUT2D eigenvalue weighted by Gasteiger charge is -1.99. The molecular weight excluding hydrogens is 324 g/mol. The Morgan fingerprint density at radius 3 is 1.88 bits per heavy atom. The normalized spacial score (nSPS) is 12.0. The molecule has 0 saturated carbocycles. The van der Waals surface area contributed by atoms with Crippen molar-refractivity contribution in [3.05, 3.63) is 95.1 Å². The molecule has 4 heteroatoms. The highest BCUT2D eigenvalue weighted by atomic mass is 16.5. The summed E-state index contributed by atoms with van der Waals surface area (Å²) in [6, 6.07) is 23.5. The van der Waals surface area contributed by atoms with Crippen LogP contribution in [0.3, 0.4) is 0 Å². The molecule has 0 bridgehead atoms. The molecule has 0 aromatic heterocycles. The van der Waals surface area contributed by atoms with E-state index >= 15 is 0 Å². The number of ether oxygens (including phenoxy) is 1. The Hall–Kier alpha value is -3.53. The summed E-state index contributed by atoms with van der Waals surface area (Å²) in [7, 11) is 1.37. The monoisotopic (exact) mass is 340 g/mol. The Labute approximate surface area is 151 Å². The Morgan fingerprint density at radius 2 is 1.35 bits per heavy atom. The number of fused-ring (bicyclic) bond motifs is 3. The predicted octanol–water partition coefficient (Wildman–Crippen LogP) is 4.33. The molecule has 4 rings (SSSR count). The topological polar surface area (TPSA) is 51.0 Å². The Kier molecular flexibility index (Phi) is 4.15. The number of hydrogen-bond acceptors (Lipinski definition) is 4. The molecule has 0 N–H and O–H groups in total. The molecule has 0 amide bonds. The SMILES string of the molecule is COC(=O)c1ccc(/C=N\N=C2c3ccccc3-c3ccccc32)cc1. The van der Waals surface area contributed by atoms with E-state index in [0.29, 0.717) is 5.56 Å². The standard InChI is InChI=1S/C22H16N2O2/c1-26-22(25)16-12-10-15(11-13-16)14-23-24-21-19-8-4-2-6-17(19)18-7-3-5-9-20(18)21/h2-14H,1H3/b23-14-. The first-order chi connectivity index (χ1) is 12.8. The van der Waals surface area contributed by atoms with Gasteiger partial charge in [-0.25, -0.2) is 4.79 Å². The number of hydrogen-bond donors (Lipinski definition) is 0. The fraction of sp³-hybridized carbons (Fsp3) is 0.0455. The molecule has 0 spiro atoms. The number of methoxy groups -OCH3 is 1. The van der Waals surface area contributed by atoms with Crippen molar-refractivity contribution in [2.45, 2.75) is 0 Å². The van der Waals surface area contributed by atoms with Crippen molar-refractivity contribution in [3.63, 3.8) is 0 Å². The molecule has 0 aliphatic heterocycles. The Morgan fingerprint density at radius 1 is 0.808 bits per heavy atom. The summed E-state index contributed by atoms with van der Waals surface area (Å²) >= 11 is 0. The summed E-state index contributed by atoms with van der Waals surface area (Å²) in [6.07, 6.45) is 1.68. The first-order valence-corrected chi connectivity index (χ1v) is 8.26. The van der Waals surface area contributed by atoms with Crippen LogP contribution in [-0.2, 0) is 4.74 Å². The number of rotatable bonds is 3. The zero-order chi connectivity index (χ0) is 17.9. The van der Waals surface area contributed by atoms with Crippen LogP contribution in [0.4, 0.5) is 0 Å². The minimum atomic E-state index is -0.354. The van der Waals surface area contributed by atoms with Crippen LogP contribution in [-0.4, -0.2) is 25.0 Å². The van der Waals surface area contributed by atoms with E-state index in [9.17, 15) is 4.79 Å². The van der Waals surface area contributed by atoms with Gasteiger partial charge < -0.3 is 4.74 Å². The van der Waals surface area contributed by atoms with Crippen LogP contribution >= 0.6 is 0 Å². The highest BCUT2D eigenvalue weighted by Crippen LogP contribution is 2.36. The molecule has 0 heterocycles. The largest absolute Gasteiger partial charge is 0.465 e. The minimum Gasteiger partial charge on any atom is -0.465 e. The van der Waals surface area contributed by atoms with Crippen LogP contribution in [0.25, 0.3) is 11.1 Å². The number of nitrogens with zero attached hydrogens (tertiary/aromatic N) is 2. The molecule has 0 atom stereocenters. The average Bonchev–Trinajstić information content (AvgIpc) is 3.02. The molecule has 0 unspecified atom stereocenters. The summed E-state index contributed by atoms with van der Waals surface area (Å²) in [5.41, 5.74) is 6.78. The van der Waals surface area contributed by atoms with Gasteiger partial charge in [0.15, 0.2) is 0 Å². The molecule has 1 aliphatic rings. The van der Waals surface area contributed by atoms with Crippen molar-refractivity contribution in [1.29, 1.82) is 0 Å². The van der Waals surface area contributed by atoms with Gasteiger partial charge in [0.05, 0.1) is 18.9 Å². The van der Waals surface area contributed by atoms with Gasteiger partial charge in [-0.3, -0.25) is 0 Å². The number of benzene rings is 3. The number of carbonyl (C=O) groups is 1. The van der Waals surface area contributed by atoms with Crippen LogP contribution in [0.15, 0.2) is 83.0 Å². The molecule has 1 aliphatic carbocycles. The van der Waals surface area contributed by atoms with Crippen molar-refractivity contribution in [3.8, 4) is 11.1 Å². The van der Waals surface area contributed by atoms with E-state index in [1.165, 1.54) is 18.2 Å². The summed E-state index contributed by atoms with van der Waals surface area (Å²) in [4.78, 5) is 11.5. The summed E-state index contributed by atoms with van der Waals surface area (Å²) in [5, 5.41) is 8.73. The highest BCUT2D eigenvalue weighted by Gasteiger charge is 2.23. The first-order valence-electron chi connectivity index (χ1n) is 8.26. The van der Waals surface area contributed by atoms with E-state index in [1.54, 1.807) is 18.3 Å². The van der Waals surface area contributed by atoms with Gasteiger partial charge in [-0.05, 0) is 28.8 Å². The molecule has 126 valence electrons. The van der Waals surface area contributed by atoms with Crippen molar-refractivity contribution in [1.82, 2.24) is 0 Å². The minimum absolute atomic E-state index is 0.354. The van der Waals surface area contributed by atoms with Gasteiger partial charge in [0.25, 0.3) is 0 Å². The molecule has 4 nitrogen and oxygen atoms in total. The van der Waals surface area contributed by atoms with Crippen molar-refractivity contribution >= 4 is 17.9 Å². The quantitative estimate of drug-likeness (QED) is 0.317. The van der Waals surface area contributed by atoms with Gasteiger partial charge in [0, 0.05) is 11.1 Å². The van der Waals surface area contributed by atoms with Crippen molar-refractivity contribution in [2.24, 2.45) is 10.2 Å². The summed E-state index contributed by atoms with van der Waals surface area (Å²) < 4.78 is 4.70. The van der Waals surface area contributed by atoms with E-state index in [0.717, 1.165) is 22.4 Å². The van der Waals surface area contributed by atoms with Crippen molar-refractivity contribution in [2.75, 3.05) is 7.11 Å². The molecular formula is C22H16N2O2. The maximum atomic E-state index is 11.5. The van der Waals surface area contributed by atoms with E-state index in [-0.39, 0.29) is 5.97 Å². The van der Waals surface area contributed by atoms with Crippen LogP contribution in [0.2, 0.25) is 0 Å². The average molecular weight is 340 g/mol. The molecule has 0 saturated heterocycles. The first kappa shape index (κ1) is 16.0. The van der Waals surface area contributed by atoms with Crippen LogP contribution in [0, 0.1) is 0 Å². The van der Waals surface area contributed by atoms with Gasteiger partial charge in [-0.15, -0.1) is 5.10 Å². The lowest BCUT2D eigenvalue weighted by molar-refractivity contribution is 0.0600. The fourth-order valence-corrected chi connectivity index (χ4v) is 3.08. The van der Waals surface area contributed by atoms with Gasteiger partial charge >= 0.3 is 5.97 Å². The zero-order valence-electron chi connectivity index (χ0n) is 14.2. The molecule has 0 radical (unpaired) electrons. The molecule has 26 heavy (non-hydrogen) atoms. The van der Waals surface area contributed by atoms with Gasteiger partial charge in [-0.1, -0.05) is 60.7 Å². The Bertz CT molecular complexity index is 987. The summed E-state index contributed by atoms with van der Waals surface area (Å²) in [6.45, 7) is 0. The van der Waals surface area contributed by atoms with Crippen LogP contribution in [0.1, 0.15) is 27.0 Å². The second-order valence-corrected chi connectivity index (χ2v) is 5.90. The highest BCUT2D eigenvalue weighted by molar-refractivity contribution is 6.24. The smallest absolute Gasteiger partial charge is 0.337 e. The van der Waals surface area contributed by atoms with Crippen LogP contribution < -0.4 is 0 Å². The second-order valence-electron chi connectivity index (χ2n) is 5.90. The lowest BCUT2D eigenvalue weighted by Crippen LogP contribution is -2.00. The van der Waals surface area contributed by atoms with Gasteiger partial charge in [0.1, 0.15) is 5.71 Å². The van der Waals surface area contributed by atoms with Crippen molar-refractivity contribution < 1.29 is 9.53 Å². The van der Waals surface area contributed by atoms with Gasteiger partial charge in [-0.2, -0.15) is 5.10 Å². The van der Waals surface area contributed by atoms with Gasteiger partial charge in [0.2, 0.25) is 0 Å². The lowest BCUT2D eigenvalue weighted by atomic mass is 10.1. The van der Waals surface area contributed by atoms with E-state index in [1.807, 2.05) is 36.4 Å². The maximum absolute atomic E-state index is 11.5. The predicted molar refractivity (Wildman–Crippen MR) is 103 cm³/mol. The van der Waals surface area contributed by atoms with E-state index in [4.69, 9.17) is 4.74 Å². The van der Waals surface area contributed by atoms with E-state index in [2.05, 4.69) is 34.5 Å². The van der Waals surface area contributed by atoms with E-state index < -0.39 is 0 Å². The second kappa shape index (κ2) is 6.76. The Balaban J connectivity index is 1.65. The van der Waals surface area contributed by atoms with Crippen LogP contribution in [0.5, 0.6) is 0 Å². The molecule has 0 fully saturated rings. The molecule has 3 aromatic rings. The maximum Gasteiger partial charge on any atom is 0.337 e. The number of carbonyl (C=O) groups excluding carboxylic acids is 1. The third kappa shape index (κ3) is 2.82. The third-order valence-corrected chi connectivity index (χ3v) is 4.35. The molecule has 3 aromatic carbocycles. The third-order valence-electron chi connectivity index (χ3n) is 4.35. The fourth-order valence-electron chi connectivity index (χ4n) is 3.08.